The van der Waals surface area contributed by atoms with E-state index in [2.05, 4.69) is 20.6 Å². The van der Waals surface area contributed by atoms with E-state index in [-0.39, 0.29) is 11.6 Å². The minimum absolute atomic E-state index is 0.108. The van der Waals surface area contributed by atoms with Crippen LogP contribution in [-0.4, -0.2) is 17.1 Å². The van der Waals surface area contributed by atoms with Crippen molar-refractivity contribution in [1.82, 2.24) is 9.97 Å². The van der Waals surface area contributed by atoms with Gasteiger partial charge in [-0.25, -0.2) is 13.8 Å². The summed E-state index contributed by atoms with van der Waals surface area (Å²) in [5.74, 6) is -0.0194. The van der Waals surface area contributed by atoms with Crippen LogP contribution < -0.4 is 15.4 Å². The van der Waals surface area contributed by atoms with E-state index in [0.29, 0.717) is 18.1 Å². The highest BCUT2D eigenvalue weighted by Crippen LogP contribution is 2.23. The van der Waals surface area contributed by atoms with E-state index in [9.17, 15) is 8.78 Å². The molecule has 0 amide bonds. The Labute approximate surface area is 150 Å². The maximum absolute atomic E-state index is 13.8. The fourth-order valence-electron chi connectivity index (χ4n) is 2.48. The monoisotopic (exact) mass is 356 g/mol. The van der Waals surface area contributed by atoms with Crippen molar-refractivity contribution in [2.24, 2.45) is 0 Å². The summed E-state index contributed by atoms with van der Waals surface area (Å²) in [7, 11) is 1.61. The molecule has 0 aliphatic carbocycles. The molecule has 0 atom stereocenters. The van der Waals surface area contributed by atoms with Crippen molar-refractivity contribution in [2.45, 2.75) is 13.5 Å². The second kappa shape index (κ2) is 7.77. The summed E-state index contributed by atoms with van der Waals surface area (Å²) in [4.78, 5) is 8.45. The average molecular weight is 356 g/mol. The molecule has 3 aromatic rings. The smallest absolute Gasteiger partial charge is 0.229 e. The van der Waals surface area contributed by atoms with E-state index in [1.165, 1.54) is 18.2 Å². The number of hydrogen-bond acceptors (Lipinski definition) is 5. The Hall–Kier alpha value is -3.22. The molecule has 2 aromatic carbocycles. The van der Waals surface area contributed by atoms with Crippen LogP contribution in [0.1, 0.15) is 11.3 Å². The number of ether oxygens (including phenoxy) is 1. The summed E-state index contributed by atoms with van der Waals surface area (Å²) in [6, 6.07) is 13.0. The summed E-state index contributed by atoms with van der Waals surface area (Å²) in [5.41, 5.74) is 1.33. The number of nitrogens with one attached hydrogen (secondary N) is 2. The fourth-order valence-corrected chi connectivity index (χ4v) is 2.48. The molecule has 0 aliphatic heterocycles. The number of nitrogens with zero attached hydrogens (tertiary/aromatic N) is 2. The highest BCUT2D eigenvalue weighted by atomic mass is 19.1. The van der Waals surface area contributed by atoms with Crippen LogP contribution in [-0.2, 0) is 6.54 Å². The summed E-state index contributed by atoms with van der Waals surface area (Å²) in [6.07, 6.45) is 0. The molecule has 0 saturated heterocycles. The van der Waals surface area contributed by atoms with Crippen molar-refractivity contribution in [3.05, 3.63) is 71.4 Å². The van der Waals surface area contributed by atoms with E-state index in [0.717, 1.165) is 11.3 Å². The molecule has 1 heterocycles. The Bertz CT molecular complexity index is 898. The predicted molar refractivity (Wildman–Crippen MR) is 96.7 cm³/mol. The number of hydrogen-bond donors (Lipinski definition) is 2. The standard InChI is InChI=1S/C19H18F2N4O/c1-12-10-17(22-11-13-6-3-4-9-16(13)26-2)24-19(23-12)25-18-14(20)7-5-8-15(18)21/h3-10H,11H2,1-2H3,(H2,22,23,24,25). The third-order valence-corrected chi connectivity index (χ3v) is 3.71. The lowest BCUT2D eigenvalue weighted by molar-refractivity contribution is 0.410. The van der Waals surface area contributed by atoms with E-state index in [1.807, 2.05) is 24.3 Å². The van der Waals surface area contributed by atoms with Crippen LogP contribution in [0.3, 0.4) is 0 Å². The number of rotatable bonds is 6. The van der Waals surface area contributed by atoms with Gasteiger partial charge < -0.3 is 15.4 Å². The lowest BCUT2D eigenvalue weighted by Gasteiger charge is -2.12. The van der Waals surface area contributed by atoms with Crippen LogP contribution >= 0.6 is 0 Å². The second-order valence-electron chi connectivity index (χ2n) is 5.61. The molecule has 0 spiro atoms. The molecule has 5 nitrogen and oxygen atoms in total. The Morgan fingerprint density at radius 3 is 2.46 bits per heavy atom. The molecule has 2 N–H and O–H groups in total. The molecule has 0 fully saturated rings. The minimum Gasteiger partial charge on any atom is -0.496 e. The van der Waals surface area contributed by atoms with Gasteiger partial charge in [0.2, 0.25) is 5.95 Å². The number of benzene rings is 2. The SMILES string of the molecule is COc1ccccc1CNc1cc(C)nc(Nc2c(F)cccc2F)n1. The van der Waals surface area contributed by atoms with Gasteiger partial charge in [-0.3, -0.25) is 0 Å². The molecule has 26 heavy (non-hydrogen) atoms. The molecule has 1 aromatic heterocycles. The highest BCUT2D eigenvalue weighted by molar-refractivity contribution is 5.57. The lowest BCUT2D eigenvalue weighted by Crippen LogP contribution is -2.07. The van der Waals surface area contributed by atoms with Gasteiger partial charge in [-0.05, 0) is 25.1 Å². The molecular formula is C19H18F2N4O. The first-order valence-electron chi connectivity index (χ1n) is 7.99. The van der Waals surface area contributed by atoms with Gasteiger partial charge in [-0.15, -0.1) is 0 Å². The van der Waals surface area contributed by atoms with Crippen molar-refractivity contribution >= 4 is 17.5 Å². The molecule has 0 saturated carbocycles. The summed E-state index contributed by atoms with van der Waals surface area (Å²) < 4.78 is 32.9. The molecular weight excluding hydrogens is 338 g/mol. The molecule has 0 radical (unpaired) electrons. The van der Waals surface area contributed by atoms with Crippen molar-refractivity contribution in [2.75, 3.05) is 17.7 Å². The maximum Gasteiger partial charge on any atom is 0.229 e. The quantitative estimate of drug-likeness (QED) is 0.684. The first-order valence-corrected chi connectivity index (χ1v) is 7.99. The third kappa shape index (κ3) is 4.05. The molecule has 0 aliphatic rings. The summed E-state index contributed by atoms with van der Waals surface area (Å²) >= 11 is 0. The molecule has 0 bridgehead atoms. The predicted octanol–water partition coefficient (Wildman–Crippen LogP) is 4.43. The zero-order valence-electron chi connectivity index (χ0n) is 14.4. The van der Waals surface area contributed by atoms with Crippen LogP contribution in [0.25, 0.3) is 0 Å². The van der Waals surface area contributed by atoms with Crippen LogP contribution in [0.2, 0.25) is 0 Å². The lowest BCUT2D eigenvalue weighted by atomic mass is 10.2. The topological polar surface area (TPSA) is 59.1 Å². The van der Waals surface area contributed by atoms with Crippen molar-refractivity contribution < 1.29 is 13.5 Å². The van der Waals surface area contributed by atoms with Gasteiger partial charge in [0.15, 0.2) is 0 Å². The van der Waals surface area contributed by atoms with Crippen LogP contribution in [0.5, 0.6) is 5.75 Å². The highest BCUT2D eigenvalue weighted by Gasteiger charge is 2.11. The summed E-state index contributed by atoms with van der Waals surface area (Å²) in [5, 5.41) is 5.78. The Balaban J connectivity index is 1.79. The number of aromatic nitrogens is 2. The summed E-state index contributed by atoms with van der Waals surface area (Å²) in [6.45, 7) is 2.26. The van der Waals surface area contributed by atoms with Gasteiger partial charge >= 0.3 is 0 Å². The van der Waals surface area contributed by atoms with E-state index < -0.39 is 11.6 Å². The number of aryl methyl sites for hydroxylation is 1. The van der Waals surface area contributed by atoms with Crippen molar-refractivity contribution in [3.8, 4) is 5.75 Å². The van der Waals surface area contributed by atoms with Gasteiger partial charge in [-0.1, -0.05) is 24.3 Å². The maximum atomic E-state index is 13.8. The van der Waals surface area contributed by atoms with E-state index in [4.69, 9.17) is 4.74 Å². The van der Waals surface area contributed by atoms with Gasteiger partial charge in [0, 0.05) is 23.9 Å². The zero-order chi connectivity index (χ0) is 18.5. The third-order valence-electron chi connectivity index (χ3n) is 3.71. The molecule has 134 valence electrons. The van der Waals surface area contributed by atoms with Crippen LogP contribution in [0, 0.1) is 18.6 Å². The first-order chi connectivity index (χ1) is 12.6. The van der Waals surface area contributed by atoms with E-state index >= 15 is 0 Å². The zero-order valence-corrected chi connectivity index (χ0v) is 14.4. The number of anilines is 3. The minimum atomic E-state index is -0.710. The second-order valence-corrected chi connectivity index (χ2v) is 5.61. The Morgan fingerprint density at radius 2 is 1.73 bits per heavy atom. The van der Waals surface area contributed by atoms with Gasteiger partial charge in [-0.2, -0.15) is 4.98 Å². The Morgan fingerprint density at radius 1 is 1.00 bits per heavy atom. The van der Waals surface area contributed by atoms with Gasteiger partial charge in [0.25, 0.3) is 0 Å². The number of para-hydroxylation sites is 2. The van der Waals surface area contributed by atoms with E-state index in [1.54, 1.807) is 20.1 Å². The average Bonchev–Trinajstić information content (AvgIpc) is 2.63. The Kier molecular flexibility index (Phi) is 5.26. The largest absolute Gasteiger partial charge is 0.496 e. The van der Waals surface area contributed by atoms with Crippen LogP contribution in [0.15, 0.2) is 48.5 Å². The van der Waals surface area contributed by atoms with Gasteiger partial charge in [0.1, 0.15) is 28.9 Å². The first kappa shape index (κ1) is 17.6. The molecule has 7 heteroatoms. The van der Waals surface area contributed by atoms with Crippen LogP contribution in [0.4, 0.5) is 26.2 Å². The molecule has 3 rings (SSSR count). The van der Waals surface area contributed by atoms with Crippen molar-refractivity contribution in [1.29, 1.82) is 0 Å². The normalized spacial score (nSPS) is 10.5. The fraction of sp³-hybridized carbons (Fsp3) is 0.158. The number of methoxy groups -OCH3 is 1. The number of halogens is 2. The van der Waals surface area contributed by atoms with Gasteiger partial charge in [0.05, 0.1) is 7.11 Å². The van der Waals surface area contributed by atoms with Crippen molar-refractivity contribution in [3.63, 3.8) is 0 Å². The molecule has 0 unspecified atom stereocenters.